The van der Waals surface area contributed by atoms with Gasteiger partial charge in [0.1, 0.15) is 0 Å². The van der Waals surface area contributed by atoms with E-state index in [0.29, 0.717) is 10.9 Å². The number of esters is 1. The van der Waals surface area contributed by atoms with E-state index in [9.17, 15) is 9.59 Å². The summed E-state index contributed by atoms with van der Waals surface area (Å²) in [4.78, 5) is 25.7. The lowest BCUT2D eigenvalue weighted by atomic mass is 10.1. The number of fused-ring (bicyclic) bond motifs is 1. The summed E-state index contributed by atoms with van der Waals surface area (Å²) in [6, 6.07) is 8.19. The molecule has 0 aliphatic carbocycles. The zero-order chi connectivity index (χ0) is 11.5. The number of pyridine rings is 1. The van der Waals surface area contributed by atoms with Crippen LogP contribution in [0.5, 0.6) is 0 Å². The molecule has 1 N–H and O–H groups in total. The second kappa shape index (κ2) is 3.98. The highest BCUT2D eigenvalue weighted by atomic mass is 16.7. The molecular formula is C11H7NO4. The number of carbonyl (C=O) groups excluding carboxylic acids is 1. The lowest BCUT2D eigenvalue weighted by molar-refractivity contribution is 0.0511. The number of nitrogens with zero attached hydrogens (tertiary/aromatic N) is 1. The highest BCUT2D eigenvalue weighted by Crippen LogP contribution is 2.17. The first kappa shape index (κ1) is 10.1. The summed E-state index contributed by atoms with van der Waals surface area (Å²) in [6.07, 6.45) is -0.0276. The molecule has 2 rings (SSSR count). The number of hydrogen-bond donors (Lipinski definition) is 1. The maximum Gasteiger partial charge on any atom is 0.513 e. The number of rotatable bonds is 1. The molecule has 0 radical (unpaired) electrons. The van der Waals surface area contributed by atoms with Crippen molar-refractivity contribution in [1.82, 2.24) is 4.98 Å². The molecule has 0 aliphatic rings. The van der Waals surface area contributed by atoms with Crippen molar-refractivity contribution in [3.05, 3.63) is 42.1 Å². The average Bonchev–Trinajstić information content (AvgIpc) is 2.27. The Bertz CT molecular complexity index is 559. The van der Waals surface area contributed by atoms with Crippen LogP contribution >= 0.6 is 0 Å². The lowest BCUT2D eigenvalue weighted by Crippen LogP contribution is -2.10. The number of ether oxygens (including phenoxy) is 1. The Morgan fingerprint density at radius 3 is 2.75 bits per heavy atom. The van der Waals surface area contributed by atoms with E-state index in [2.05, 4.69) is 9.72 Å². The molecule has 0 saturated carbocycles. The monoisotopic (exact) mass is 217 g/mol. The smallest absolute Gasteiger partial charge is 0.449 e. The van der Waals surface area contributed by atoms with Gasteiger partial charge in [0.15, 0.2) is 0 Å². The molecule has 1 heterocycles. The standard InChI is InChI=1S/C11H7NO4/c13-10(16-11(14)15)8-3-1-5-9-7(8)4-2-6-12-9/h1-6H,(H,14,15). The van der Waals surface area contributed by atoms with Crippen LogP contribution in [0.1, 0.15) is 10.4 Å². The highest BCUT2D eigenvalue weighted by Gasteiger charge is 2.14. The maximum atomic E-state index is 11.4. The first-order valence-electron chi connectivity index (χ1n) is 4.47. The summed E-state index contributed by atoms with van der Waals surface area (Å²) in [5.74, 6) is -0.897. The Labute approximate surface area is 90.3 Å². The Balaban J connectivity index is 2.52. The van der Waals surface area contributed by atoms with E-state index in [0.717, 1.165) is 0 Å². The minimum absolute atomic E-state index is 0.188. The molecule has 5 heteroatoms. The normalized spacial score (nSPS) is 10.0. The van der Waals surface area contributed by atoms with Gasteiger partial charge in [-0.25, -0.2) is 9.59 Å². The van der Waals surface area contributed by atoms with Crippen LogP contribution < -0.4 is 0 Å². The van der Waals surface area contributed by atoms with Crippen molar-refractivity contribution in [1.29, 1.82) is 0 Å². The van der Waals surface area contributed by atoms with E-state index in [1.165, 1.54) is 6.07 Å². The number of benzene rings is 1. The fourth-order valence-corrected chi connectivity index (χ4v) is 1.42. The van der Waals surface area contributed by atoms with E-state index < -0.39 is 12.1 Å². The van der Waals surface area contributed by atoms with Gasteiger partial charge in [0.25, 0.3) is 0 Å². The molecule has 0 fully saturated rings. The molecular weight excluding hydrogens is 210 g/mol. The molecule has 0 amide bonds. The van der Waals surface area contributed by atoms with Crippen molar-refractivity contribution in [3.8, 4) is 0 Å². The zero-order valence-corrected chi connectivity index (χ0v) is 8.08. The summed E-state index contributed by atoms with van der Waals surface area (Å²) < 4.78 is 4.09. The SMILES string of the molecule is O=C(O)OC(=O)c1cccc2ncccc12. The van der Waals surface area contributed by atoms with Crippen molar-refractivity contribution in [3.63, 3.8) is 0 Å². The van der Waals surface area contributed by atoms with Crippen LogP contribution in [0, 0.1) is 0 Å². The van der Waals surface area contributed by atoms with Gasteiger partial charge in [-0.15, -0.1) is 0 Å². The van der Waals surface area contributed by atoms with Gasteiger partial charge in [-0.2, -0.15) is 0 Å². The van der Waals surface area contributed by atoms with Crippen molar-refractivity contribution >= 4 is 23.0 Å². The predicted octanol–water partition coefficient (Wildman–Crippen LogP) is 2.07. The summed E-state index contributed by atoms with van der Waals surface area (Å²) in [5.41, 5.74) is 0.801. The van der Waals surface area contributed by atoms with Crippen LogP contribution in [0.15, 0.2) is 36.5 Å². The van der Waals surface area contributed by atoms with Crippen molar-refractivity contribution in [2.45, 2.75) is 0 Å². The molecule has 16 heavy (non-hydrogen) atoms. The summed E-state index contributed by atoms with van der Waals surface area (Å²) >= 11 is 0. The molecule has 5 nitrogen and oxygen atoms in total. The lowest BCUT2D eigenvalue weighted by Gasteiger charge is -2.02. The minimum Gasteiger partial charge on any atom is -0.449 e. The van der Waals surface area contributed by atoms with Crippen molar-refractivity contribution < 1.29 is 19.4 Å². The molecule has 0 spiro atoms. The summed E-state index contributed by atoms with van der Waals surface area (Å²) in [5, 5.41) is 8.92. The van der Waals surface area contributed by atoms with Crippen LogP contribution in [0.3, 0.4) is 0 Å². The van der Waals surface area contributed by atoms with Gasteiger partial charge in [-0.1, -0.05) is 12.1 Å². The maximum absolute atomic E-state index is 11.4. The quantitative estimate of drug-likeness (QED) is 0.584. The molecule has 0 saturated heterocycles. The van der Waals surface area contributed by atoms with Crippen LogP contribution in [-0.4, -0.2) is 22.2 Å². The zero-order valence-electron chi connectivity index (χ0n) is 8.08. The number of aromatic nitrogens is 1. The van der Waals surface area contributed by atoms with Crippen LogP contribution in [0.25, 0.3) is 10.9 Å². The van der Waals surface area contributed by atoms with E-state index in [4.69, 9.17) is 5.11 Å². The Morgan fingerprint density at radius 1 is 1.19 bits per heavy atom. The Morgan fingerprint density at radius 2 is 2.00 bits per heavy atom. The molecule has 0 aliphatic heterocycles. The largest absolute Gasteiger partial charge is 0.513 e. The van der Waals surface area contributed by atoms with Gasteiger partial charge >= 0.3 is 12.1 Å². The molecule has 2 aromatic rings. The average molecular weight is 217 g/mol. The second-order valence-corrected chi connectivity index (χ2v) is 3.03. The minimum atomic E-state index is -1.62. The molecule has 0 bridgehead atoms. The molecule has 1 aromatic heterocycles. The van der Waals surface area contributed by atoms with Gasteiger partial charge in [0, 0.05) is 11.6 Å². The van der Waals surface area contributed by atoms with E-state index in [1.807, 2.05) is 0 Å². The van der Waals surface area contributed by atoms with E-state index in [-0.39, 0.29) is 5.56 Å². The molecule has 80 valence electrons. The van der Waals surface area contributed by atoms with Gasteiger partial charge in [0.05, 0.1) is 11.1 Å². The van der Waals surface area contributed by atoms with Gasteiger partial charge < -0.3 is 9.84 Å². The van der Waals surface area contributed by atoms with E-state index in [1.54, 1.807) is 30.5 Å². The first-order valence-corrected chi connectivity index (χ1v) is 4.47. The third kappa shape index (κ3) is 1.83. The molecule has 0 unspecified atom stereocenters. The van der Waals surface area contributed by atoms with Crippen molar-refractivity contribution in [2.24, 2.45) is 0 Å². The number of carbonyl (C=O) groups is 2. The Kier molecular flexibility index (Phi) is 2.51. The van der Waals surface area contributed by atoms with Crippen LogP contribution in [0.4, 0.5) is 4.79 Å². The number of carboxylic acid groups (broad SMARTS) is 1. The fourth-order valence-electron chi connectivity index (χ4n) is 1.42. The highest BCUT2D eigenvalue weighted by molar-refractivity contribution is 6.05. The van der Waals surface area contributed by atoms with Gasteiger partial charge in [-0.3, -0.25) is 4.98 Å². The van der Waals surface area contributed by atoms with Gasteiger partial charge in [-0.05, 0) is 18.2 Å². The third-order valence-electron chi connectivity index (χ3n) is 2.05. The first-order chi connectivity index (χ1) is 7.68. The van der Waals surface area contributed by atoms with Crippen LogP contribution in [0.2, 0.25) is 0 Å². The second-order valence-electron chi connectivity index (χ2n) is 3.03. The fraction of sp³-hybridized carbons (Fsp3) is 0. The molecule has 1 aromatic carbocycles. The van der Waals surface area contributed by atoms with E-state index >= 15 is 0 Å². The summed E-state index contributed by atoms with van der Waals surface area (Å²) in [6.45, 7) is 0. The van der Waals surface area contributed by atoms with Crippen molar-refractivity contribution in [2.75, 3.05) is 0 Å². The topological polar surface area (TPSA) is 76.5 Å². The van der Waals surface area contributed by atoms with Crippen LogP contribution in [-0.2, 0) is 4.74 Å². The predicted molar refractivity (Wildman–Crippen MR) is 55.2 cm³/mol. The van der Waals surface area contributed by atoms with Gasteiger partial charge in [0.2, 0.25) is 0 Å². The summed E-state index contributed by atoms with van der Waals surface area (Å²) in [7, 11) is 0. The number of hydrogen-bond acceptors (Lipinski definition) is 4. The molecule has 0 atom stereocenters. The Hall–Kier alpha value is -2.43. The third-order valence-corrected chi connectivity index (χ3v) is 2.05.